The molecule has 0 aromatic heterocycles. The number of esters is 1. The lowest BCUT2D eigenvalue weighted by molar-refractivity contribution is -0.204. The number of carbonyl (C=O) groups excluding carboxylic acids is 1. The average Bonchev–Trinajstić information content (AvgIpc) is 2.45. The number of halogens is 3. The van der Waals surface area contributed by atoms with Crippen LogP contribution in [-0.4, -0.2) is 18.4 Å². The van der Waals surface area contributed by atoms with Crippen molar-refractivity contribution in [2.75, 3.05) is 0 Å². The first kappa shape index (κ1) is 18.1. The van der Waals surface area contributed by atoms with Crippen molar-refractivity contribution in [2.45, 2.75) is 45.0 Å². The van der Waals surface area contributed by atoms with Gasteiger partial charge in [0.05, 0.1) is 0 Å². The van der Waals surface area contributed by atoms with Crippen molar-refractivity contribution in [3.8, 4) is 11.8 Å². The van der Waals surface area contributed by atoms with E-state index < -0.39 is 18.4 Å². The van der Waals surface area contributed by atoms with E-state index in [-0.39, 0.29) is 6.42 Å². The number of benzene rings is 1. The van der Waals surface area contributed by atoms with Gasteiger partial charge in [-0.1, -0.05) is 30.9 Å². The molecule has 2 N–H and O–H groups in total. The molecule has 0 saturated heterocycles. The van der Waals surface area contributed by atoms with Gasteiger partial charge in [0, 0.05) is 18.4 Å². The minimum atomic E-state index is -5.02. The summed E-state index contributed by atoms with van der Waals surface area (Å²) in [5.41, 5.74) is 7.10. The quantitative estimate of drug-likeness (QED) is 0.516. The summed E-state index contributed by atoms with van der Waals surface area (Å²) in [4.78, 5) is 10.6. The predicted molar refractivity (Wildman–Crippen MR) is 76.7 cm³/mol. The van der Waals surface area contributed by atoms with E-state index in [2.05, 4.69) is 16.6 Å². The molecule has 0 aliphatic rings. The normalized spacial score (nSPS) is 12.2. The number of alkyl halides is 3. The molecular weight excluding hydrogens is 295 g/mol. The topological polar surface area (TPSA) is 52.3 Å². The SMILES string of the molecule is CCCC#Cc1cccc(CCC(N)OC(=O)C(F)(F)F)c1. The molecule has 0 spiro atoms. The third-order valence-corrected chi connectivity index (χ3v) is 2.74. The molecule has 1 aromatic rings. The number of rotatable bonds is 5. The van der Waals surface area contributed by atoms with Crippen molar-refractivity contribution in [1.82, 2.24) is 0 Å². The summed E-state index contributed by atoms with van der Waals surface area (Å²) >= 11 is 0. The third-order valence-electron chi connectivity index (χ3n) is 2.74. The lowest BCUT2D eigenvalue weighted by Crippen LogP contribution is -2.34. The molecule has 0 aliphatic heterocycles. The molecule has 1 aromatic carbocycles. The Morgan fingerprint density at radius 1 is 1.41 bits per heavy atom. The average molecular weight is 313 g/mol. The fourth-order valence-electron chi connectivity index (χ4n) is 1.67. The van der Waals surface area contributed by atoms with Crippen molar-refractivity contribution in [3.63, 3.8) is 0 Å². The largest absolute Gasteiger partial charge is 0.490 e. The van der Waals surface area contributed by atoms with Crippen LogP contribution in [0.15, 0.2) is 24.3 Å². The Morgan fingerprint density at radius 3 is 2.77 bits per heavy atom. The summed E-state index contributed by atoms with van der Waals surface area (Å²) in [5.74, 6) is 3.76. The number of aryl methyl sites for hydroxylation is 1. The highest BCUT2D eigenvalue weighted by atomic mass is 19.4. The lowest BCUT2D eigenvalue weighted by atomic mass is 10.1. The van der Waals surface area contributed by atoms with Crippen molar-refractivity contribution >= 4 is 5.97 Å². The maximum Gasteiger partial charge on any atom is 0.490 e. The summed E-state index contributed by atoms with van der Waals surface area (Å²) in [7, 11) is 0. The van der Waals surface area contributed by atoms with E-state index in [1.165, 1.54) is 0 Å². The van der Waals surface area contributed by atoms with Crippen LogP contribution in [0.25, 0.3) is 0 Å². The first-order valence-corrected chi connectivity index (χ1v) is 6.94. The Kier molecular flexibility index (Phi) is 6.93. The van der Waals surface area contributed by atoms with E-state index in [0.717, 1.165) is 24.0 Å². The molecule has 1 atom stereocenters. The Balaban J connectivity index is 2.53. The molecule has 3 nitrogen and oxygen atoms in total. The maximum absolute atomic E-state index is 12.0. The molecule has 0 amide bonds. The second-order valence-corrected chi connectivity index (χ2v) is 4.73. The predicted octanol–water partition coefficient (Wildman–Crippen LogP) is 3.16. The van der Waals surface area contributed by atoms with Gasteiger partial charge in [-0.25, -0.2) is 4.79 Å². The number of carbonyl (C=O) groups is 1. The molecular formula is C16H18F3NO2. The van der Waals surface area contributed by atoms with Crippen LogP contribution in [0, 0.1) is 11.8 Å². The number of hydrogen-bond acceptors (Lipinski definition) is 3. The molecule has 0 aliphatic carbocycles. The Hall–Kier alpha value is -2.00. The minimum Gasteiger partial charge on any atom is -0.440 e. The van der Waals surface area contributed by atoms with Crippen LogP contribution in [0.5, 0.6) is 0 Å². The van der Waals surface area contributed by atoms with E-state index in [9.17, 15) is 18.0 Å². The lowest BCUT2D eigenvalue weighted by Gasteiger charge is -2.14. The number of ether oxygens (including phenoxy) is 1. The molecule has 120 valence electrons. The van der Waals surface area contributed by atoms with Crippen molar-refractivity contribution in [2.24, 2.45) is 5.73 Å². The van der Waals surface area contributed by atoms with E-state index in [1.54, 1.807) is 0 Å². The van der Waals surface area contributed by atoms with Gasteiger partial charge in [-0.3, -0.25) is 5.73 Å². The molecule has 6 heteroatoms. The molecule has 0 fully saturated rings. The highest BCUT2D eigenvalue weighted by molar-refractivity contribution is 5.75. The van der Waals surface area contributed by atoms with Gasteiger partial charge in [-0.2, -0.15) is 13.2 Å². The molecule has 0 radical (unpaired) electrons. The summed E-state index contributed by atoms with van der Waals surface area (Å²) in [6.07, 6.45) is -4.02. The highest BCUT2D eigenvalue weighted by Crippen LogP contribution is 2.18. The van der Waals surface area contributed by atoms with Crippen LogP contribution in [-0.2, 0) is 16.0 Å². The van der Waals surface area contributed by atoms with Crippen LogP contribution >= 0.6 is 0 Å². The number of nitrogens with two attached hydrogens (primary N) is 1. The molecule has 0 saturated carbocycles. The number of unbranched alkanes of at least 4 members (excludes halogenated alkanes) is 1. The standard InChI is InChI=1S/C16H18F3NO2/c1-2-3-4-6-12-7-5-8-13(11-12)9-10-14(20)22-15(21)16(17,18)19/h5,7-8,11,14H,2-3,9-10,20H2,1H3. The van der Waals surface area contributed by atoms with Crippen LogP contribution in [0.4, 0.5) is 13.2 Å². The number of hydrogen-bond donors (Lipinski definition) is 1. The van der Waals surface area contributed by atoms with Crippen LogP contribution < -0.4 is 5.73 Å². The van der Waals surface area contributed by atoms with E-state index >= 15 is 0 Å². The van der Waals surface area contributed by atoms with Crippen molar-refractivity contribution in [3.05, 3.63) is 35.4 Å². The van der Waals surface area contributed by atoms with Gasteiger partial charge in [-0.15, -0.1) is 0 Å². The zero-order chi connectivity index (χ0) is 16.6. The van der Waals surface area contributed by atoms with E-state index in [4.69, 9.17) is 5.73 Å². The summed E-state index contributed by atoms with van der Waals surface area (Å²) in [6.45, 7) is 2.04. The monoisotopic (exact) mass is 313 g/mol. The highest BCUT2D eigenvalue weighted by Gasteiger charge is 2.41. The smallest absolute Gasteiger partial charge is 0.440 e. The van der Waals surface area contributed by atoms with Gasteiger partial charge < -0.3 is 4.74 Å². The fourth-order valence-corrected chi connectivity index (χ4v) is 1.67. The molecule has 22 heavy (non-hydrogen) atoms. The Labute approximate surface area is 127 Å². The third kappa shape index (κ3) is 6.64. The minimum absolute atomic E-state index is 0.105. The van der Waals surface area contributed by atoms with Gasteiger partial charge >= 0.3 is 12.1 Å². The molecule has 0 bridgehead atoms. The van der Waals surface area contributed by atoms with Crippen molar-refractivity contribution in [1.29, 1.82) is 0 Å². The van der Waals surface area contributed by atoms with Crippen LogP contribution in [0.3, 0.4) is 0 Å². The molecule has 1 unspecified atom stereocenters. The van der Waals surface area contributed by atoms with E-state index in [1.807, 2.05) is 31.2 Å². The van der Waals surface area contributed by atoms with Gasteiger partial charge in [0.2, 0.25) is 0 Å². The van der Waals surface area contributed by atoms with Gasteiger partial charge in [0.15, 0.2) is 6.23 Å². The summed E-state index contributed by atoms with van der Waals surface area (Å²) < 4.78 is 40.2. The zero-order valence-corrected chi connectivity index (χ0v) is 12.2. The van der Waals surface area contributed by atoms with Crippen LogP contribution in [0.1, 0.15) is 37.3 Å². The fraction of sp³-hybridized carbons (Fsp3) is 0.438. The Morgan fingerprint density at radius 2 is 2.14 bits per heavy atom. The van der Waals surface area contributed by atoms with E-state index in [0.29, 0.717) is 6.42 Å². The second-order valence-electron chi connectivity index (χ2n) is 4.73. The summed E-state index contributed by atoms with van der Waals surface area (Å²) in [6, 6.07) is 7.35. The zero-order valence-electron chi connectivity index (χ0n) is 12.2. The molecule has 1 rings (SSSR count). The van der Waals surface area contributed by atoms with Gasteiger partial charge in [-0.05, 0) is 30.5 Å². The first-order chi connectivity index (χ1) is 10.3. The van der Waals surface area contributed by atoms with Gasteiger partial charge in [0.1, 0.15) is 0 Å². The van der Waals surface area contributed by atoms with Crippen LogP contribution in [0.2, 0.25) is 0 Å². The van der Waals surface area contributed by atoms with Crippen molar-refractivity contribution < 1.29 is 22.7 Å². The Bertz CT molecular complexity index is 558. The summed E-state index contributed by atoms with van der Waals surface area (Å²) in [5, 5.41) is 0. The van der Waals surface area contributed by atoms with Gasteiger partial charge in [0.25, 0.3) is 0 Å². The maximum atomic E-state index is 12.0. The molecule has 0 heterocycles. The first-order valence-electron chi connectivity index (χ1n) is 6.94. The second kappa shape index (κ2) is 8.44.